The first kappa shape index (κ1) is 24.4. The third-order valence-corrected chi connectivity index (χ3v) is 7.41. The van der Waals surface area contributed by atoms with Gasteiger partial charge in [-0.3, -0.25) is 9.36 Å². The Morgan fingerprint density at radius 2 is 1.36 bits per heavy atom. The van der Waals surface area contributed by atoms with Gasteiger partial charge in [-0.2, -0.15) is 10.2 Å². The number of nitrogens with zero attached hydrogens (tertiary/aromatic N) is 5. The van der Waals surface area contributed by atoms with Crippen molar-refractivity contribution in [1.82, 2.24) is 24.9 Å². The first-order chi connectivity index (χ1) is 16.1. The lowest BCUT2D eigenvalue weighted by Crippen LogP contribution is -2.33. The number of halogens is 3. The van der Waals surface area contributed by atoms with Gasteiger partial charge in [-0.15, -0.1) is 0 Å². The number of fused-ring (bicyclic) bond motifs is 2. The first-order valence-electron chi connectivity index (χ1n) is 10.7. The molecule has 4 heterocycles. The molecule has 2 aromatic carbocycles. The average Bonchev–Trinajstić information content (AvgIpc) is 3.43. The topological polar surface area (TPSA) is 50.9 Å². The fourth-order valence-corrected chi connectivity index (χ4v) is 4.91. The number of anilines is 1. The van der Waals surface area contributed by atoms with Crippen LogP contribution in [-0.2, 0) is 26.2 Å². The van der Waals surface area contributed by atoms with Crippen molar-refractivity contribution in [3.8, 4) is 0 Å². The van der Waals surface area contributed by atoms with Crippen LogP contribution in [0.25, 0.3) is 0 Å². The van der Waals surface area contributed by atoms with Crippen LogP contribution < -0.4 is 10.2 Å². The van der Waals surface area contributed by atoms with E-state index in [-0.39, 0.29) is 0 Å². The normalized spacial score (nSPS) is 14.2. The Morgan fingerprint density at radius 1 is 0.758 bits per heavy atom. The molecule has 0 fully saturated rings. The number of para-hydroxylation sites is 1. The van der Waals surface area contributed by atoms with Crippen LogP contribution in [0.4, 0.5) is 5.69 Å². The minimum absolute atomic E-state index is 0.921. The van der Waals surface area contributed by atoms with E-state index in [0.29, 0.717) is 0 Å². The van der Waals surface area contributed by atoms with Crippen LogP contribution in [0.3, 0.4) is 0 Å². The van der Waals surface area contributed by atoms with Crippen molar-refractivity contribution in [1.29, 1.82) is 0 Å². The molecule has 0 saturated heterocycles. The largest absolute Gasteiger partial charge is 0.364 e. The highest BCUT2D eigenvalue weighted by molar-refractivity contribution is 14.1. The van der Waals surface area contributed by atoms with E-state index in [0.717, 1.165) is 48.2 Å². The summed E-state index contributed by atoms with van der Waals surface area (Å²) in [7, 11) is 0. The van der Waals surface area contributed by atoms with Crippen molar-refractivity contribution in [3.05, 3.63) is 97.0 Å². The molecule has 2 aliphatic rings. The van der Waals surface area contributed by atoms with E-state index in [1.165, 1.54) is 20.6 Å². The lowest BCUT2D eigenvalue weighted by Gasteiger charge is -2.29. The molecule has 33 heavy (non-hydrogen) atoms. The van der Waals surface area contributed by atoms with Crippen molar-refractivity contribution in [2.24, 2.45) is 0 Å². The Kier molecular flexibility index (Phi) is 8.99. The van der Waals surface area contributed by atoms with Gasteiger partial charge in [0, 0.05) is 28.9 Å². The molecule has 0 spiro atoms. The molecule has 0 amide bonds. The second-order valence-corrected chi connectivity index (χ2v) is 10.5. The smallest absolute Gasteiger partial charge is 0.0720 e. The van der Waals surface area contributed by atoms with Gasteiger partial charge in [0.1, 0.15) is 0 Å². The number of aromatic nitrogens is 4. The van der Waals surface area contributed by atoms with Gasteiger partial charge < -0.3 is 10.2 Å². The molecule has 6 rings (SSSR count). The maximum absolute atomic E-state index is 4.33. The highest BCUT2D eigenvalue weighted by Gasteiger charge is 2.19. The number of hydrogen-bond acceptors (Lipinski definition) is 4. The third kappa shape index (κ3) is 6.68. The molecule has 0 saturated carbocycles. The third-order valence-electron chi connectivity index (χ3n) is 5.37. The van der Waals surface area contributed by atoms with E-state index >= 15 is 0 Å². The van der Waals surface area contributed by atoms with E-state index < -0.39 is 0 Å². The Balaban J connectivity index is 0.000000130. The number of nitrogens with one attached hydrogen (secondary N) is 1. The predicted octanol–water partition coefficient (Wildman–Crippen LogP) is 5.71. The van der Waals surface area contributed by atoms with Crippen LogP contribution in [0.2, 0.25) is 0 Å². The van der Waals surface area contributed by atoms with Crippen LogP contribution in [0.15, 0.2) is 82.0 Å². The summed E-state index contributed by atoms with van der Waals surface area (Å²) < 4.78 is 7.61. The molecule has 0 atom stereocenters. The zero-order valence-electron chi connectivity index (χ0n) is 18.0. The van der Waals surface area contributed by atoms with Crippen LogP contribution >= 0.6 is 54.5 Å². The molecular weight excluding hydrogens is 659 g/mol. The lowest BCUT2D eigenvalue weighted by molar-refractivity contribution is 0.474. The van der Waals surface area contributed by atoms with Crippen molar-refractivity contribution >= 4 is 60.1 Å². The molecule has 4 aromatic rings. The molecule has 9 heteroatoms. The van der Waals surface area contributed by atoms with Crippen LogP contribution in [0.1, 0.15) is 11.4 Å². The number of hydrogen-bond donors (Lipinski definition) is 1. The monoisotopic (exact) mass is 682 g/mol. The maximum atomic E-state index is 4.33. The molecule has 0 bridgehead atoms. The lowest BCUT2D eigenvalue weighted by atomic mass is 10.2. The van der Waals surface area contributed by atoms with Crippen molar-refractivity contribution < 1.29 is 0 Å². The van der Waals surface area contributed by atoms with Gasteiger partial charge in [-0.1, -0.05) is 36.4 Å². The van der Waals surface area contributed by atoms with Crippen LogP contribution in [0, 0.1) is 3.57 Å². The summed E-state index contributed by atoms with van der Waals surface area (Å²) >= 11 is 9.25. The Bertz CT molecular complexity index is 1150. The van der Waals surface area contributed by atoms with Crippen molar-refractivity contribution in [3.63, 3.8) is 0 Å². The van der Waals surface area contributed by atoms with E-state index in [1.54, 1.807) is 0 Å². The van der Waals surface area contributed by atoms with E-state index in [9.17, 15) is 0 Å². The van der Waals surface area contributed by atoms with Crippen molar-refractivity contribution in [2.45, 2.75) is 26.2 Å². The summed E-state index contributed by atoms with van der Waals surface area (Å²) in [5.41, 5.74) is 3.79. The summed E-state index contributed by atoms with van der Waals surface area (Å²) in [5.74, 6) is 0. The predicted molar refractivity (Wildman–Crippen MR) is 148 cm³/mol. The molecule has 0 unspecified atom stereocenters. The first-order valence-corrected chi connectivity index (χ1v) is 13.4. The van der Waals surface area contributed by atoms with Gasteiger partial charge in [0.15, 0.2) is 0 Å². The molecule has 2 aliphatic heterocycles. The molecule has 0 aliphatic carbocycles. The molecule has 6 nitrogen and oxygen atoms in total. The SMILES string of the molecule is Brc1cnn2c1CN(c1ccccc1)CC2.Brc1cnn2c1CNCC2.Ic1ccccc1. The molecule has 2 aromatic heterocycles. The highest BCUT2D eigenvalue weighted by Crippen LogP contribution is 2.25. The van der Waals surface area contributed by atoms with Gasteiger partial charge in [-0.05, 0) is 78.7 Å². The second kappa shape index (κ2) is 12.1. The summed E-state index contributed by atoms with van der Waals surface area (Å²) in [6, 6.07) is 20.7. The number of benzene rings is 2. The Hall–Kier alpha value is -1.69. The van der Waals surface area contributed by atoms with Crippen LogP contribution in [-0.4, -0.2) is 32.7 Å². The van der Waals surface area contributed by atoms with Gasteiger partial charge in [-0.25, -0.2) is 0 Å². The summed E-state index contributed by atoms with van der Waals surface area (Å²) in [4.78, 5) is 2.38. The maximum Gasteiger partial charge on any atom is 0.0720 e. The van der Waals surface area contributed by atoms with Crippen LogP contribution in [0.5, 0.6) is 0 Å². The molecular formula is C24H25Br2IN6. The van der Waals surface area contributed by atoms with Gasteiger partial charge in [0.25, 0.3) is 0 Å². The van der Waals surface area contributed by atoms with E-state index in [4.69, 9.17) is 0 Å². The van der Waals surface area contributed by atoms with Gasteiger partial charge in [0.05, 0.1) is 52.4 Å². The Labute approximate surface area is 224 Å². The standard InChI is InChI=1S/C12H12BrN3.C6H8BrN3.C6H5I/c13-11-8-14-16-7-6-15(9-12(11)16)10-4-2-1-3-5-10;7-5-3-9-10-2-1-8-4-6(5)10;7-6-4-2-1-3-5-6/h1-5,8H,6-7,9H2;3,8H,1-2,4H2;1-5H. The molecule has 1 N–H and O–H groups in total. The highest BCUT2D eigenvalue weighted by atomic mass is 127. The average molecular weight is 684 g/mol. The van der Waals surface area contributed by atoms with Crippen molar-refractivity contribution in [2.75, 3.05) is 18.0 Å². The van der Waals surface area contributed by atoms with E-state index in [1.807, 2.05) is 41.3 Å². The summed E-state index contributed by atoms with van der Waals surface area (Å²) in [6.45, 7) is 5.84. The van der Waals surface area contributed by atoms with Gasteiger partial charge in [0.2, 0.25) is 0 Å². The zero-order chi connectivity index (χ0) is 23.0. The Morgan fingerprint density at radius 3 is 1.97 bits per heavy atom. The van der Waals surface area contributed by atoms with E-state index in [2.05, 4.69) is 116 Å². The number of rotatable bonds is 1. The zero-order valence-corrected chi connectivity index (χ0v) is 23.4. The minimum atomic E-state index is 0.921. The quantitative estimate of drug-likeness (QED) is 0.262. The summed E-state index contributed by atoms with van der Waals surface area (Å²) in [6.07, 6.45) is 3.73. The summed E-state index contributed by atoms with van der Waals surface area (Å²) in [5, 5.41) is 11.8. The molecule has 172 valence electrons. The van der Waals surface area contributed by atoms with Gasteiger partial charge >= 0.3 is 0 Å². The second-order valence-electron chi connectivity index (χ2n) is 7.55. The fourth-order valence-electron chi connectivity index (χ4n) is 3.63. The molecule has 0 radical (unpaired) electrons. The minimum Gasteiger partial charge on any atom is -0.364 e. The fraction of sp³-hybridized carbons (Fsp3) is 0.250.